The topological polar surface area (TPSA) is 37.4 Å². The van der Waals surface area contributed by atoms with E-state index in [0.717, 1.165) is 63.6 Å². The lowest BCUT2D eigenvalue weighted by Gasteiger charge is -2.32. The molecular weight excluding hydrogens is 250 g/mol. The van der Waals surface area contributed by atoms with Gasteiger partial charge >= 0.3 is 0 Å². The smallest absolute Gasteiger partial charge is 0.0700 e. The first-order chi connectivity index (χ1) is 9.81. The van der Waals surface area contributed by atoms with Crippen LogP contribution in [0, 0.1) is 0 Å². The predicted octanol–water partition coefficient (Wildman–Crippen LogP) is 2.19. The van der Waals surface area contributed by atoms with Gasteiger partial charge in [-0.3, -0.25) is 9.88 Å². The monoisotopic (exact) mass is 277 g/mol. The molecule has 0 bridgehead atoms. The molecule has 0 aromatic carbocycles. The molecule has 0 saturated carbocycles. The van der Waals surface area contributed by atoms with E-state index >= 15 is 0 Å². The zero-order valence-corrected chi connectivity index (χ0v) is 12.8. The molecule has 112 valence electrons. The van der Waals surface area contributed by atoms with Crippen molar-refractivity contribution in [2.24, 2.45) is 0 Å². The highest BCUT2D eigenvalue weighted by molar-refractivity contribution is 5.11. The highest BCUT2D eigenvalue weighted by atomic mass is 16.5. The summed E-state index contributed by atoms with van der Waals surface area (Å²) in [5.41, 5.74) is 2.30. The first kappa shape index (κ1) is 15.4. The third-order valence-corrected chi connectivity index (χ3v) is 3.66. The van der Waals surface area contributed by atoms with E-state index in [4.69, 9.17) is 9.72 Å². The third kappa shape index (κ3) is 4.85. The SMILES string of the molecule is CCCNCc1cccc(CN2CCOC(CC)C2)n1. The Morgan fingerprint density at radius 3 is 3.00 bits per heavy atom. The molecule has 1 unspecified atom stereocenters. The van der Waals surface area contributed by atoms with Gasteiger partial charge in [0.05, 0.1) is 24.1 Å². The van der Waals surface area contributed by atoms with Crippen LogP contribution in [-0.2, 0) is 17.8 Å². The van der Waals surface area contributed by atoms with E-state index in [9.17, 15) is 0 Å². The van der Waals surface area contributed by atoms with Crippen molar-refractivity contribution in [2.45, 2.75) is 45.9 Å². The first-order valence-corrected chi connectivity index (χ1v) is 7.81. The Hall–Kier alpha value is -0.970. The Morgan fingerprint density at radius 2 is 2.20 bits per heavy atom. The highest BCUT2D eigenvalue weighted by Crippen LogP contribution is 2.11. The zero-order chi connectivity index (χ0) is 14.2. The van der Waals surface area contributed by atoms with Crippen molar-refractivity contribution in [3.05, 3.63) is 29.6 Å². The molecule has 1 atom stereocenters. The second-order valence-electron chi connectivity index (χ2n) is 5.43. The molecule has 0 spiro atoms. The maximum Gasteiger partial charge on any atom is 0.0700 e. The summed E-state index contributed by atoms with van der Waals surface area (Å²) in [6.45, 7) is 10.1. The molecule has 20 heavy (non-hydrogen) atoms. The van der Waals surface area contributed by atoms with Crippen LogP contribution in [0.4, 0.5) is 0 Å². The highest BCUT2D eigenvalue weighted by Gasteiger charge is 2.19. The number of nitrogens with zero attached hydrogens (tertiary/aromatic N) is 2. The molecule has 0 radical (unpaired) electrons. The zero-order valence-electron chi connectivity index (χ0n) is 12.8. The van der Waals surface area contributed by atoms with Crippen molar-refractivity contribution in [2.75, 3.05) is 26.2 Å². The number of nitrogens with one attached hydrogen (secondary N) is 1. The summed E-state index contributed by atoms with van der Waals surface area (Å²) in [6, 6.07) is 6.34. The Morgan fingerprint density at radius 1 is 1.35 bits per heavy atom. The van der Waals surface area contributed by atoms with Gasteiger partial charge in [0, 0.05) is 26.2 Å². The van der Waals surface area contributed by atoms with E-state index in [0.29, 0.717) is 6.10 Å². The first-order valence-electron chi connectivity index (χ1n) is 7.81. The van der Waals surface area contributed by atoms with Crippen molar-refractivity contribution in [1.29, 1.82) is 0 Å². The molecule has 1 fully saturated rings. The molecule has 1 N–H and O–H groups in total. The number of hydrogen-bond acceptors (Lipinski definition) is 4. The summed E-state index contributed by atoms with van der Waals surface area (Å²) < 4.78 is 5.71. The Kier molecular flexibility index (Phi) is 6.43. The molecule has 1 aromatic heterocycles. The van der Waals surface area contributed by atoms with Crippen LogP contribution in [0.5, 0.6) is 0 Å². The molecule has 2 rings (SSSR count). The number of pyridine rings is 1. The second kappa shape index (κ2) is 8.35. The van der Waals surface area contributed by atoms with Gasteiger partial charge in [-0.2, -0.15) is 0 Å². The van der Waals surface area contributed by atoms with Crippen molar-refractivity contribution < 1.29 is 4.74 Å². The van der Waals surface area contributed by atoms with Crippen LogP contribution in [0.15, 0.2) is 18.2 Å². The maximum absolute atomic E-state index is 5.71. The molecule has 2 heterocycles. The van der Waals surface area contributed by atoms with Crippen LogP contribution >= 0.6 is 0 Å². The van der Waals surface area contributed by atoms with Gasteiger partial charge in [0.15, 0.2) is 0 Å². The molecule has 0 amide bonds. The van der Waals surface area contributed by atoms with Gasteiger partial charge in [0.2, 0.25) is 0 Å². The minimum atomic E-state index is 0.387. The van der Waals surface area contributed by atoms with E-state index in [2.05, 4.69) is 42.3 Å². The van der Waals surface area contributed by atoms with Crippen molar-refractivity contribution >= 4 is 0 Å². The lowest BCUT2D eigenvalue weighted by molar-refractivity contribution is -0.0328. The van der Waals surface area contributed by atoms with Crippen LogP contribution in [0.25, 0.3) is 0 Å². The molecule has 0 aliphatic carbocycles. The van der Waals surface area contributed by atoms with Crippen LogP contribution in [0.2, 0.25) is 0 Å². The minimum Gasteiger partial charge on any atom is -0.376 e. The number of ether oxygens (including phenoxy) is 1. The molecule has 1 aromatic rings. The summed E-state index contributed by atoms with van der Waals surface area (Å²) in [5, 5.41) is 3.40. The van der Waals surface area contributed by atoms with Gasteiger partial charge in [-0.25, -0.2) is 0 Å². The largest absolute Gasteiger partial charge is 0.376 e. The van der Waals surface area contributed by atoms with Gasteiger partial charge in [-0.05, 0) is 31.5 Å². The fourth-order valence-corrected chi connectivity index (χ4v) is 2.51. The van der Waals surface area contributed by atoms with E-state index in [1.807, 2.05) is 0 Å². The Bertz CT molecular complexity index is 397. The average molecular weight is 277 g/mol. The van der Waals surface area contributed by atoms with Gasteiger partial charge in [-0.15, -0.1) is 0 Å². The molecule has 4 nitrogen and oxygen atoms in total. The molecule has 1 saturated heterocycles. The van der Waals surface area contributed by atoms with Crippen molar-refractivity contribution in [1.82, 2.24) is 15.2 Å². The van der Waals surface area contributed by atoms with E-state index in [1.165, 1.54) is 0 Å². The lowest BCUT2D eigenvalue weighted by atomic mass is 10.2. The molecular formula is C16H27N3O. The predicted molar refractivity (Wildman–Crippen MR) is 81.5 cm³/mol. The number of rotatable bonds is 7. The van der Waals surface area contributed by atoms with Gasteiger partial charge < -0.3 is 10.1 Å². The van der Waals surface area contributed by atoms with Crippen LogP contribution in [0.1, 0.15) is 38.1 Å². The number of hydrogen-bond donors (Lipinski definition) is 1. The number of morpholine rings is 1. The summed E-state index contributed by atoms with van der Waals surface area (Å²) in [6.07, 6.45) is 2.63. The van der Waals surface area contributed by atoms with Gasteiger partial charge in [0.25, 0.3) is 0 Å². The van der Waals surface area contributed by atoms with Crippen LogP contribution in [-0.4, -0.2) is 42.2 Å². The van der Waals surface area contributed by atoms with E-state index < -0.39 is 0 Å². The molecule has 1 aliphatic rings. The normalized spacial score (nSPS) is 20.2. The fourth-order valence-electron chi connectivity index (χ4n) is 2.51. The summed E-state index contributed by atoms with van der Waals surface area (Å²) >= 11 is 0. The van der Waals surface area contributed by atoms with E-state index in [-0.39, 0.29) is 0 Å². The fraction of sp³-hybridized carbons (Fsp3) is 0.688. The summed E-state index contributed by atoms with van der Waals surface area (Å²) in [5.74, 6) is 0. The van der Waals surface area contributed by atoms with Gasteiger partial charge in [-0.1, -0.05) is 19.9 Å². The molecule has 1 aliphatic heterocycles. The quantitative estimate of drug-likeness (QED) is 0.775. The Labute approximate surface area is 122 Å². The average Bonchev–Trinajstić information content (AvgIpc) is 2.48. The van der Waals surface area contributed by atoms with E-state index in [1.54, 1.807) is 0 Å². The van der Waals surface area contributed by atoms with Crippen molar-refractivity contribution in [3.8, 4) is 0 Å². The second-order valence-corrected chi connectivity index (χ2v) is 5.43. The number of aromatic nitrogens is 1. The maximum atomic E-state index is 5.71. The lowest BCUT2D eigenvalue weighted by Crippen LogP contribution is -2.41. The Balaban J connectivity index is 1.87. The molecule has 4 heteroatoms. The summed E-state index contributed by atoms with van der Waals surface area (Å²) in [4.78, 5) is 7.19. The van der Waals surface area contributed by atoms with Crippen LogP contribution < -0.4 is 5.32 Å². The third-order valence-electron chi connectivity index (χ3n) is 3.66. The standard InChI is InChI=1S/C16H27N3O/c1-3-8-17-11-14-6-5-7-15(18-14)12-19-9-10-20-16(4-2)13-19/h5-7,16-17H,3-4,8-13H2,1-2H3. The van der Waals surface area contributed by atoms with Crippen LogP contribution in [0.3, 0.4) is 0 Å². The van der Waals surface area contributed by atoms with Crippen molar-refractivity contribution in [3.63, 3.8) is 0 Å². The minimum absolute atomic E-state index is 0.387. The van der Waals surface area contributed by atoms with Gasteiger partial charge in [0.1, 0.15) is 0 Å². The summed E-state index contributed by atoms with van der Waals surface area (Å²) in [7, 11) is 0.